The van der Waals surface area contributed by atoms with E-state index in [2.05, 4.69) is 15.6 Å². The summed E-state index contributed by atoms with van der Waals surface area (Å²) in [5, 5.41) is 7.52. The molecule has 0 aliphatic carbocycles. The van der Waals surface area contributed by atoms with Crippen LogP contribution in [0.5, 0.6) is 0 Å². The molecule has 1 fully saturated rings. The summed E-state index contributed by atoms with van der Waals surface area (Å²) in [6.07, 6.45) is 0. The molecule has 28 heavy (non-hydrogen) atoms. The van der Waals surface area contributed by atoms with Crippen molar-refractivity contribution in [2.24, 2.45) is 4.99 Å². The van der Waals surface area contributed by atoms with Gasteiger partial charge in [-0.1, -0.05) is 18.2 Å². The van der Waals surface area contributed by atoms with Crippen LogP contribution in [0.4, 0.5) is 0 Å². The number of para-hydroxylation sites is 1. The Hall–Kier alpha value is -1.71. The molecule has 3 rings (SSSR count). The largest absolute Gasteiger partial charge is 0.459 e. The van der Waals surface area contributed by atoms with Crippen LogP contribution in [0, 0.1) is 0 Å². The molecule has 2 N–H and O–H groups in total. The summed E-state index contributed by atoms with van der Waals surface area (Å²) in [6.45, 7) is 6.07. The van der Waals surface area contributed by atoms with Crippen molar-refractivity contribution in [1.29, 1.82) is 0 Å². The van der Waals surface area contributed by atoms with Crippen molar-refractivity contribution >= 4 is 38.7 Å². The van der Waals surface area contributed by atoms with Gasteiger partial charge in [0.2, 0.25) is 10.0 Å². The van der Waals surface area contributed by atoms with Crippen molar-refractivity contribution < 1.29 is 12.8 Å². The Morgan fingerprint density at radius 1 is 1.32 bits per heavy atom. The highest BCUT2D eigenvalue weighted by Gasteiger charge is 2.23. The van der Waals surface area contributed by atoms with E-state index in [1.807, 2.05) is 44.2 Å². The van der Waals surface area contributed by atoms with E-state index in [1.54, 1.807) is 16.1 Å². The Bertz CT molecular complexity index is 872. The predicted molar refractivity (Wildman–Crippen MR) is 116 cm³/mol. The van der Waals surface area contributed by atoms with E-state index in [9.17, 15) is 8.42 Å². The number of thioether (sulfide) groups is 1. The molecule has 1 atom stereocenters. The van der Waals surface area contributed by atoms with Crippen LogP contribution in [-0.2, 0) is 10.0 Å². The van der Waals surface area contributed by atoms with Gasteiger partial charge in [-0.25, -0.2) is 12.7 Å². The van der Waals surface area contributed by atoms with Gasteiger partial charge in [0, 0.05) is 36.5 Å². The first kappa shape index (κ1) is 21.0. The number of hydrogen-bond acceptors (Lipinski definition) is 5. The molecule has 0 saturated carbocycles. The second kappa shape index (κ2) is 9.67. The molecule has 9 heteroatoms. The van der Waals surface area contributed by atoms with Gasteiger partial charge in [0.25, 0.3) is 0 Å². The van der Waals surface area contributed by atoms with Crippen molar-refractivity contribution in [3.8, 4) is 0 Å². The maximum Gasteiger partial charge on any atom is 0.215 e. The maximum atomic E-state index is 12.5. The summed E-state index contributed by atoms with van der Waals surface area (Å²) >= 11 is 1.79. The minimum atomic E-state index is -3.25. The van der Waals surface area contributed by atoms with E-state index in [1.165, 1.54) is 0 Å². The fourth-order valence-corrected chi connectivity index (χ4v) is 5.49. The summed E-state index contributed by atoms with van der Waals surface area (Å²) in [5.74, 6) is 3.14. The van der Waals surface area contributed by atoms with E-state index < -0.39 is 10.0 Å². The van der Waals surface area contributed by atoms with Crippen LogP contribution < -0.4 is 10.6 Å². The first-order valence-corrected chi connectivity index (χ1v) is 12.3. The zero-order valence-corrected chi connectivity index (χ0v) is 18.0. The van der Waals surface area contributed by atoms with Crippen molar-refractivity contribution in [2.45, 2.75) is 19.9 Å². The zero-order valence-electron chi connectivity index (χ0n) is 16.3. The van der Waals surface area contributed by atoms with Gasteiger partial charge >= 0.3 is 0 Å². The summed E-state index contributed by atoms with van der Waals surface area (Å²) < 4.78 is 32.4. The summed E-state index contributed by atoms with van der Waals surface area (Å²) in [6, 6.07) is 9.79. The molecule has 1 aliphatic rings. The average molecular weight is 425 g/mol. The number of sulfonamides is 1. The Morgan fingerprint density at radius 3 is 2.79 bits per heavy atom. The van der Waals surface area contributed by atoms with Crippen LogP contribution in [0.1, 0.15) is 25.6 Å². The summed E-state index contributed by atoms with van der Waals surface area (Å²) in [7, 11) is -3.25. The Balaban J connectivity index is 1.61. The first-order chi connectivity index (χ1) is 13.5. The molecule has 0 amide bonds. The van der Waals surface area contributed by atoms with Gasteiger partial charge in [-0.05, 0) is 26.0 Å². The molecular weight excluding hydrogens is 396 g/mol. The van der Waals surface area contributed by atoms with E-state index in [-0.39, 0.29) is 18.3 Å². The number of nitrogens with zero attached hydrogens (tertiary/aromatic N) is 2. The highest BCUT2D eigenvalue weighted by atomic mass is 32.2. The van der Waals surface area contributed by atoms with Gasteiger partial charge in [-0.15, -0.1) is 0 Å². The summed E-state index contributed by atoms with van der Waals surface area (Å²) in [5.41, 5.74) is 0.846. The molecule has 2 aromatic rings. The molecule has 0 radical (unpaired) electrons. The third-order valence-corrected chi connectivity index (χ3v) is 7.34. The lowest BCUT2D eigenvalue weighted by molar-refractivity contribution is 0.443. The topological polar surface area (TPSA) is 86.9 Å². The van der Waals surface area contributed by atoms with Crippen molar-refractivity contribution in [3.05, 3.63) is 36.1 Å². The van der Waals surface area contributed by atoms with Gasteiger partial charge in [0.1, 0.15) is 11.3 Å². The number of aliphatic imine (C=N–C) groups is 1. The molecule has 1 saturated heterocycles. The molecule has 154 valence electrons. The number of guanidine groups is 1. The highest BCUT2D eigenvalue weighted by molar-refractivity contribution is 7.99. The quantitative estimate of drug-likeness (QED) is 0.524. The number of hydrogen-bond donors (Lipinski definition) is 2. The van der Waals surface area contributed by atoms with Gasteiger partial charge in [0.15, 0.2) is 5.96 Å². The van der Waals surface area contributed by atoms with E-state index in [4.69, 9.17) is 4.42 Å². The minimum Gasteiger partial charge on any atom is -0.459 e. The second-order valence-electron chi connectivity index (χ2n) is 6.64. The van der Waals surface area contributed by atoms with Crippen LogP contribution in [0.25, 0.3) is 11.0 Å². The minimum absolute atomic E-state index is 0.0211. The normalized spacial score (nSPS) is 17.6. The Kier molecular flexibility index (Phi) is 7.25. The SMILES string of the molecule is CCNC(=NCCS(=O)(=O)N1CCSCC1)NC(C)c1cc2ccccc2o1. The average Bonchev–Trinajstić information content (AvgIpc) is 3.13. The molecule has 1 aliphatic heterocycles. The monoisotopic (exact) mass is 424 g/mol. The van der Waals surface area contributed by atoms with Gasteiger partial charge in [0.05, 0.1) is 18.3 Å². The fraction of sp³-hybridized carbons (Fsp3) is 0.526. The van der Waals surface area contributed by atoms with Gasteiger partial charge < -0.3 is 15.1 Å². The van der Waals surface area contributed by atoms with Crippen LogP contribution in [-0.4, -0.2) is 62.1 Å². The zero-order chi connectivity index (χ0) is 20.0. The molecule has 1 aromatic carbocycles. The van der Waals surface area contributed by atoms with E-state index >= 15 is 0 Å². The lowest BCUT2D eigenvalue weighted by atomic mass is 10.2. The molecular formula is C19H28N4O3S2. The van der Waals surface area contributed by atoms with Crippen molar-refractivity contribution in [2.75, 3.05) is 43.4 Å². The van der Waals surface area contributed by atoms with E-state index in [0.29, 0.717) is 25.6 Å². The van der Waals surface area contributed by atoms with Gasteiger partial charge in [-0.3, -0.25) is 4.99 Å². The third-order valence-electron chi connectivity index (χ3n) is 4.55. The smallest absolute Gasteiger partial charge is 0.215 e. The van der Waals surface area contributed by atoms with Crippen molar-refractivity contribution in [1.82, 2.24) is 14.9 Å². The predicted octanol–water partition coefficient (Wildman–Crippen LogP) is 2.43. The number of benzene rings is 1. The maximum absolute atomic E-state index is 12.5. The summed E-state index contributed by atoms with van der Waals surface area (Å²) in [4.78, 5) is 4.45. The second-order valence-corrected chi connectivity index (χ2v) is 9.95. The molecule has 1 aromatic heterocycles. The van der Waals surface area contributed by atoms with Crippen LogP contribution in [0.3, 0.4) is 0 Å². The molecule has 7 nitrogen and oxygen atoms in total. The number of nitrogens with one attached hydrogen (secondary N) is 2. The van der Waals surface area contributed by atoms with Crippen LogP contribution in [0.2, 0.25) is 0 Å². The number of fused-ring (bicyclic) bond motifs is 1. The highest BCUT2D eigenvalue weighted by Crippen LogP contribution is 2.23. The van der Waals surface area contributed by atoms with Crippen LogP contribution >= 0.6 is 11.8 Å². The molecule has 1 unspecified atom stereocenters. The lowest BCUT2D eigenvalue weighted by Gasteiger charge is -2.25. The fourth-order valence-electron chi connectivity index (χ4n) is 3.04. The number of rotatable bonds is 7. The molecule has 0 spiro atoms. The molecule has 0 bridgehead atoms. The van der Waals surface area contributed by atoms with Gasteiger partial charge in [-0.2, -0.15) is 11.8 Å². The standard InChI is InChI=1S/C19H28N4O3S2/c1-3-20-19(21-8-13-28(24,25)23-9-11-27-12-10-23)22-15(2)18-14-16-6-4-5-7-17(16)26-18/h4-7,14-15H,3,8-13H2,1-2H3,(H2,20,21,22). The van der Waals surface area contributed by atoms with Crippen molar-refractivity contribution in [3.63, 3.8) is 0 Å². The van der Waals surface area contributed by atoms with Crippen LogP contribution in [0.15, 0.2) is 39.7 Å². The Morgan fingerprint density at radius 2 is 2.07 bits per heavy atom. The van der Waals surface area contributed by atoms with E-state index in [0.717, 1.165) is 28.2 Å². The third kappa shape index (κ3) is 5.42. The first-order valence-electron chi connectivity index (χ1n) is 9.58. The Labute approximate surface area is 171 Å². The molecule has 2 heterocycles. The lowest BCUT2D eigenvalue weighted by Crippen LogP contribution is -2.41. The number of furan rings is 1.